The first kappa shape index (κ1) is 15.9. The third-order valence-electron chi connectivity index (χ3n) is 4.07. The topological polar surface area (TPSA) is 123 Å². The van der Waals surface area contributed by atoms with E-state index in [1.165, 1.54) is 17.2 Å². The van der Waals surface area contributed by atoms with Crippen LogP contribution in [0.1, 0.15) is 6.23 Å². The third-order valence-corrected chi connectivity index (χ3v) is 4.07. The number of aliphatic hydroxyl groups is 3. The molecule has 3 aromatic rings. The smallest absolute Gasteiger partial charge is 0.250 e. The lowest BCUT2D eigenvalue weighted by molar-refractivity contribution is -0.0511. The van der Waals surface area contributed by atoms with E-state index in [0.717, 1.165) is 0 Å². The van der Waals surface area contributed by atoms with Gasteiger partial charge in [-0.3, -0.25) is 4.57 Å². The van der Waals surface area contributed by atoms with Crippen LogP contribution in [0.15, 0.2) is 43.0 Å². The molecule has 4 atom stereocenters. The summed E-state index contributed by atoms with van der Waals surface area (Å²) in [5.74, 6) is 0.867. The number of fused-ring (bicyclic) bond motifs is 1. The van der Waals surface area contributed by atoms with Gasteiger partial charge in [-0.05, 0) is 12.1 Å². The van der Waals surface area contributed by atoms with Crippen molar-refractivity contribution in [3.05, 3.63) is 43.0 Å². The number of imidazole rings is 1. The lowest BCUT2D eigenvalue weighted by Crippen LogP contribution is -2.33. The second-order valence-corrected chi connectivity index (χ2v) is 5.65. The van der Waals surface area contributed by atoms with E-state index in [4.69, 9.17) is 9.47 Å². The van der Waals surface area contributed by atoms with E-state index < -0.39 is 31.1 Å². The fraction of sp³-hybridized carbons (Fsp3) is 0.312. The molecular formula is C16H16N4O5. The Balaban J connectivity index is 1.70. The van der Waals surface area contributed by atoms with Crippen LogP contribution in [0.4, 0.5) is 0 Å². The molecule has 3 heterocycles. The normalized spacial score (nSPS) is 26.2. The van der Waals surface area contributed by atoms with E-state index in [9.17, 15) is 15.3 Å². The first-order valence-corrected chi connectivity index (χ1v) is 7.72. The van der Waals surface area contributed by atoms with Crippen LogP contribution in [0.25, 0.3) is 11.2 Å². The van der Waals surface area contributed by atoms with Crippen molar-refractivity contribution in [3.63, 3.8) is 0 Å². The summed E-state index contributed by atoms with van der Waals surface area (Å²) in [5, 5.41) is 29.3. The Morgan fingerprint density at radius 3 is 2.60 bits per heavy atom. The maximum Gasteiger partial charge on any atom is 0.250 e. The Bertz CT molecular complexity index is 871. The molecule has 2 aromatic heterocycles. The molecule has 0 saturated carbocycles. The molecule has 1 saturated heterocycles. The van der Waals surface area contributed by atoms with Crippen LogP contribution >= 0.6 is 0 Å². The summed E-state index contributed by atoms with van der Waals surface area (Å²) in [6, 6.07) is 9.13. The molecule has 4 rings (SSSR count). The molecule has 0 aliphatic carbocycles. The number of para-hydroxylation sites is 1. The van der Waals surface area contributed by atoms with Crippen LogP contribution < -0.4 is 4.74 Å². The summed E-state index contributed by atoms with van der Waals surface area (Å²) in [5.41, 5.74) is 0.778. The largest absolute Gasteiger partial charge is 0.437 e. The van der Waals surface area contributed by atoms with Crippen LogP contribution in [0.3, 0.4) is 0 Å². The van der Waals surface area contributed by atoms with Crippen molar-refractivity contribution in [3.8, 4) is 11.6 Å². The van der Waals surface area contributed by atoms with Crippen molar-refractivity contribution in [2.24, 2.45) is 0 Å². The lowest BCUT2D eigenvalue weighted by atomic mass is 10.1. The highest BCUT2D eigenvalue weighted by Gasteiger charge is 2.44. The van der Waals surface area contributed by atoms with Crippen LogP contribution in [0.2, 0.25) is 0 Å². The predicted octanol–water partition coefficient (Wildman–Crippen LogP) is 0.230. The first-order chi connectivity index (χ1) is 12.2. The fourth-order valence-electron chi connectivity index (χ4n) is 2.80. The SMILES string of the molecule is OC[C@H]1O[C@@H](n2cnc3c(Oc4ccccc4)ncnc32)[C@H](O)[C@@H]1O. The van der Waals surface area contributed by atoms with E-state index in [1.54, 1.807) is 12.1 Å². The summed E-state index contributed by atoms with van der Waals surface area (Å²) in [6.45, 7) is -0.404. The van der Waals surface area contributed by atoms with Gasteiger partial charge >= 0.3 is 0 Å². The minimum absolute atomic E-state index is 0.265. The average Bonchev–Trinajstić information content (AvgIpc) is 3.18. The van der Waals surface area contributed by atoms with Gasteiger partial charge in [0, 0.05) is 0 Å². The van der Waals surface area contributed by atoms with E-state index in [2.05, 4.69) is 15.0 Å². The highest BCUT2D eigenvalue weighted by atomic mass is 16.6. The molecule has 0 amide bonds. The molecule has 9 nitrogen and oxygen atoms in total. The van der Waals surface area contributed by atoms with Gasteiger partial charge in [0.2, 0.25) is 0 Å². The molecule has 0 spiro atoms. The van der Waals surface area contributed by atoms with Gasteiger partial charge in [0.1, 0.15) is 30.4 Å². The molecule has 1 aliphatic heterocycles. The van der Waals surface area contributed by atoms with Gasteiger partial charge in [0.25, 0.3) is 5.88 Å². The van der Waals surface area contributed by atoms with Crippen molar-refractivity contribution < 1.29 is 24.8 Å². The quantitative estimate of drug-likeness (QED) is 0.615. The van der Waals surface area contributed by atoms with Gasteiger partial charge in [0.15, 0.2) is 17.4 Å². The zero-order valence-electron chi connectivity index (χ0n) is 13.0. The molecule has 1 fully saturated rings. The van der Waals surface area contributed by atoms with Crippen molar-refractivity contribution >= 4 is 11.2 Å². The molecule has 25 heavy (non-hydrogen) atoms. The molecule has 3 N–H and O–H groups in total. The van der Waals surface area contributed by atoms with Gasteiger partial charge in [-0.15, -0.1) is 0 Å². The van der Waals surface area contributed by atoms with Gasteiger partial charge < -0.3 is 24.8 Å². The van der Waals surface area contributed by atoms with E-state index in [1.807, 2.05) is 18.2 Å². The predicted molar refractivity (Wildman–Crippen MR) is 84.8 cm³/mol. The zero-order chi connectivity index (χ0) is 17.4. The number of nitrogens with zero attached hydrogens (tertiary/aromatic N) is 4. The first-order valence-electron chi connectivity index (χ1n) is 7.72. The zero-order valence-corrected chi connectivity index (χ0v) is 13.0. The number of ether oxygens (including phenoxy) is 2. The molecule has 1 aromatic carbocycles. The monoisotopic (exact) mass is 344 g/mol. The summed E-state index contributed by atoms with van der Waals surface area (Å²) >= 11 is 0. The summed E-state index contributed by atoms with van der Waals surface area (Å²) < 4.78 is 12.7. The molecule has 0 unspecified atom stereocenters. The van der Waals surface area contributed by atoms with E-state index in [0.29, 0.717) is 16.9 Å². The van der Waals surface area contributed by atoms with Crippen LogP contribution in [-0.2, 0) is 4.74 Å². The number of aliphatic hydroxyl groups excluding tert-OH is 3. The number of hydrogen-bond acceptors (Lipinski definition) is 8. The maximum absolute atomic E-state index is 10.2. The van der Waals surface area contributed by atoms with Crippen molar-refractivity contribution in [1.29, 1.82) is 0 Å². The Hall–Kier alpha value is -2.59. The van der Waals surface area contributed by atoms with Crippen molar-refractivity contribution in [2.45, 2.75) is 24.5 Å². The summed E-state index contributed by atoms with van der Waals surface area (Å²) in [4.78, 5) is 12.5. The number of benzene rings is 1. The lowest BCUT2D eigenvalue weighted by Gasteiger charge is -2.16. The van der Waals surface area contributed by atoms with Crippen LogP contribution in [-0.4, -0.2) is 59.8 Å². The second kappa shape index (κ2) is 6.37. The Morgan fingerprint density at radius 1 is 1.08 bits per heavy atom. The van der Waals surface area contributed by atoms with Gasteiger partial charge in [0.05, 0.1) is 12.9 Å². The molecular weight excluding hydrogens is 328 g/mol. The molecule has 130 valence electrons. The Morgan fingerprint density at radius 2 is 1.88 bits per heavy atom. The number of aromatic nitrogens is 4. The molecule has 0 radical (unpaired) electrons. The van der Waals surface area contributed by atoms with E-state index >= 15 is 0 Å². The highest BCUT2D eigenvalue weighted by Crippen LogP contribution is 2.33. The Labute approximate surface area is 142 Å². The molecule has 9 heteroatoms. The summed E-state index contributed by atoms with van der Waals surface area (Å²) in [7, 11) is 0. The van der Waals surface area contributed by atoms with Crippen molar-refractivity contribution in [2.75, 3.05) is 6.61 Å². The average molecular weight is 344 g/mol. The summed E-state index contributed by atoms with van der Waals surface area (Å²) in [6.07, 6.45) is -1.47. The standard InChI is InChI=1S/C16H16N4O5/c21-6-10-12(22)13(23)16(25-10)20-8-19-11-14(20)17-7-18-15(11)24-9-4-2-1-3-5-9/h1-5,7-8,10,12-13,16,21-23H,6H2/t10-,12-,13-,16-/m1/s1. The van der Waals surface area contributed by atoms with E-state index in [-0.39, 0.29) is 5.88 Å². The van der Waals surface area contributed by atoms with Gasteiger partial charge in [-0.2, -0.15) is 4.98 Å². The minimum Gasteiger partial charge on any atom is -0.437 e. The van der Waals surface area contributed by atoms with Crippen LogP contribution in [0.5, 0.6) is 11.6 Å². The second-order valence-electron chi connectivity index (χ2n) is 5.65. The minimum atomic E-state index is -1.22. The Kier molecular flexibility index (Phi) is 4.06. The van der Waals surface area contributed by atoms with Crippen molar-refractivity contribution in [1.82, 2.24) is 19.5 Å². The molecule has 1 aliphatic rings. The number of rotatable bonds is 4. The fourth-order valence-corrected chi connectivity index (χ4v) is 2.80. The van der Waals surface area contributed by atoms with Gasteiger partial charge in [-0.25, -0.2) is 9.97 Å². The maximum atomic E-state index is 10.2. The highest BCUT2D eigenvalue weighted by molar-refractivity contribution is 5.76. The molecule has 0 bridgehead atoms. The third kappa shape index (κ3) is 2.72. The number of hydrogen-bond donors (Lipinski definition) is 3. The van der Waals surface area contributed by atoms with Gasteiger partial charge in [-0.1, -0.05) is 18.2 Å². The van der Waals surface area contributed by atoms with Crippen LogP contribution in [0, 0.1) is 0 Å².